The first kappa shape index (κ1) is 16.6. The molecule has 0 saturated heterocycles. The molecule has 0 aliphatic rings. The van der Waals surface area contributed by atoms with Crippen LogP contribution in [0, 0.1) is 6.92 Å². The van der Waals surface area contributed by atoms with Crippen LogP contribution in [0.1, 0.15) is 58.2 Å². The van der Waals surface area contributed by atoms with Crippen molar-refractivity contribution in [1.82, 2.24) is 0 Å². The highest BCUT2D eigenvalue weighted by Gasteiger charge is 2.21. The van der Waals surface area contributed by atoms with Gasteiger partial charge in [0.25, 0.3) is 0 Å². The second-order valence-electron chi connectivity index (χ2n) is 8.16. The van der Waals surface area contributed by atoms with Gasteiger partial charge in [0.05, 0.1) is 0 Å². The van der Waals surface area contributed by atoms with Crippen molar-refractivity contribution in [3.63, 3.8) is 0 Å². The minimum atomic E-state index is 0.104. The van der Waals surface area contributed by atoms with Crippen molar-refractivity contribution in [3.05, 3.63) is 59.2 Å². The third-order valence-corrected chi connectivity index (χ3v) is 3.90. The van der Waals surface area contributed by atoms with Crippen LogP contribution in [0.3, 0.4) is 0 Å². The molecule has 0 fully saturated rings. The van der Waals surface area contributed by atoms with Crippen LogP contribution in [0.4, 0.5) is 0 Å². The summed E-state index contributed by atoms with van der Waals surface area (Å²) < 4.78 is 6.10. The van der Waals surface area contributed by atoms with E-state index in [1.54, 1.807) is 0 Å². The lowest BCUT2D eigenvalue weighted by Crippen LogP contribution is -2.16. The Morgan fingerprint density at radius 1 is 0.636 bits per heavy atom. The van der Waals surface area contributed by atoms with Gasteiger partial charge in [-0.15, -0.1) is 0 Å². The van der Waals surface area contributed by atoms with Crippen molar-refractivity contribution < 1.29 is 4.74 Å². The van der Waals surface area contributed by atoms with Gasteiger partial charge in [0.1, 0.15) is 11.5 Å². The van der Waals surface area contributed by atoms with Gasteiger partial charge in [0, 0.05) is 0 Å². The number of ether oxygens (including phenoxy) is 1. The van der Waals surface area contributed by atoms with Crippen LogP contribution in [0.25, 0.3) is 0 Å². The molecule has 0 unspecified atom stereocenters. The molecular formula is C21H28O. The highest BCUT2D eigenvalue weighted by Crippen LogP contribution is 2.34. The van der Waals surface area contributed by atoms with E-state index in [-0.39, 0.29) is 10.8 Å². The molecule has 0 N–H and O–H groups in total. The summed E-state index contributed by atoms with van der Waals surface area (Å²) in [6, 6.07) is 14.8. The summed E-state index contributed by atoms with van der Waals surface area (Å²) in [5.74, 6) is 1.80. The summed E-state index contributed by atoms with van der Waals surface area (Å²) in [7, 11) is 0. The van der Waals surface area contributed by atoms with Crippen molar-refractivity contribution in [3.8, 4) is 11.5 Å². The van der Waals surface area contributed by atoms with Crippen LogP contribution in [0.2, 0.25) is 0 Å². The van der Waals surface area contributed by atoms with Gasteiger partial charge in [-0.25, -0.2) is 0 Å². The molecule has 22 heavy (non-hydrogen) atoms. The molecule has 1 nitrogen and oxygen atoms in total. The molecule has 0 heterocycles. The Kier molecular flexibility index (Phi) is 4.37. The van der Waals surface area contributed by atoms with Gasteiger partial charge >= 0.3 is 0 Å². The lowest BCUT2D eigenvalue weighted by Gasteiger charge is -2.26. The van der Waals surface area contributed by atoms with Crippen molar-refractivity contribution in [1.29, 1.82) is 0 Å². The molecule has 0 aromatic heterocycles. The Morgan fingerprint density at radius 2 is 1.09 bits per heavy atom. The summed E-state index contributed by atoms with van der Waals surface area (Å²) in [6.07, 6.45) is 0. The van der Waals surface area contributed by atoms with Crippen LogP contribution < -0.4 is 4.74 Å². The van der Waals surface area contributed by atoms with Gasteiger partial charge in [0.2, 0.25) is 0 Å². The van der Waals surface area contributed by atoms with Gasteiger partial charge in [-0.05, 0) is 53.1 Å². The quantitative estimate of drug-likeness (QED) is 0.624. The van der Waals surface area contributed by atoms with Crippen LogP contribution in [0.5, 0.6) is 11.5 Å². The van der Waals surface area contributed by atoms with E-state index in [9.17, 15) is 0 Å². The molecule has 118 valence electrons. The molecule has 0 atom stereocenters. The largest absolute Gasteiger partial charge is 0.457 e. The topological polar surface area (TPSA) is 9.23 Å². The lowest BCUT2D eigenvalue weighted by atomic mass is 9.80. The second kappa shape index (κ2) is 5.79. The molecule has 0 saturated carbocycles. The maximum absolute atomic E-state index is 6.10. The van der Waals surface area contributed by atoms with Gasteiger partial charge in [-0.3, -0.25) is 0 Å². The van der Waals surface area contributed by atoms with Crippen molar-refractivity contribution in [2.24, 2.45) is 0 Å². The van der Waals surface area contributed by atoms with E-state index in [1.807, 2.05) is 12.1 Å². The zero-order chi connectivity index (χ0) is 16.5. The Balaban J connectivity index is 2.44. The summed E-state index contributed by atoms with van der Waals surface area (Å²) >= 11 is 0. The van der Waals surface area contributed by atoms with E-state index in [1.165, 1.54) is 16.7 Å². The number of hydrogen-bond acceptors (Lipinski definition) is 1. The van der Waals surface area contributed by atoms with Crippen LogP contribution in [0.15, 0.2) is 42.5 Å². The van der Waals surface area contributed by atoms with Crippen molar-refractivity contribution >= 4 is 0 Å². The smallest absolute Gasteiger partial charge is 0.128 e. The molecule has 1 heteroatoms. The van der Waals surface area contributed by atoms with E-state index in [4.69, 9.17) is 4.74 Å². The highest BCUT2D eigenvalue weighted by molar-refractivity contribution is 5.42. The minimum absolute atomic E-state index is 0.104. The van der Waals surface area contributed by atoms with Crippen LogP contribution in [-0.4, -0.2) is 0 Å². The summed E-state index contributed by atoms with van der Waals surface area (Å²) in [4.78, 5) is 0. The second-order valence-corrected chi connectivity index (χ2v) is 8.16. The van der Waals surface area contributed by atoms with Crippen molar-refractivity contribution in [2.75, 3.05) is 0 Å². The first-order valence-corrected chi connectivity index (χ1v) is 7.96. The monoisotopic (exact) mass is 296 g/mol. The fourth-order valence-electron chi connectivity index (χ4n) is 2.27. The standard InChI is InChI=1S/C21H28O/c1-15-8-10-18(11-9-15)22-19-13-16(20(2,3)4)12-17(14-19)21(5,6)7/h8-14H,1-7H3. The van der Waals surface area contributed by atoms with Crippen LogP contribution >= 0.6 is 0 Å². The first-order valence-electron chi connectivity index (χ1n) is 7.96. The van der Waals surface area contributed by atoms with E-state index in [0.717, 1.165) is 11.5 Å². The summed E-state index contributed by atoms with van der Waals surface area (Å²) in [5.41, 5.74) is 4.06. The Labute approximate surface area is 135 Å². The van der Waals surface area contributed by atoms with Crippen molar-refractivity contribution in [2.45, 2.75) is 59.3 Å². The average Bonchev–Trinajstić information content (AvgIpc) is 2.39. The molecule has 0 radical (unpaired) electrons. The Morgan fingerprint density at radius 3 is 1.50 bits per heavy atom. The number of benzene rings is 2. The summed E-state index contributed by atoms with van der Waals surface area (Å²) in [6.45, 7) is 15.5. The molecule has 0 bridgehead atoms. The molecule has 0 aliphatic heterocycles. The predicted molar refractivity (Wildman–Crippen MR) is 95.1 cm³/mol. The van der Waals surface area contributed by atoms with E-state index in [2.05, 4.69) is 78.8 Å². The molecule has 2 aromatic carbocycles. The number of hydrogen-bond donors (Lipinski definition) is 0. The number of rotatable bonds is 2. The number of aryl methyl sites for hydroxylation is 1. The predicted octanol–water partition coefficient (Wildman–Crippen LogP) is 6.38. The van der Waals surface area contributed by atoms with E-state index >= 15 is 0 Å². The lowest BCUT2D eigenvalue weighted by molar-refractivity contribution is 0.473. The average molecular weight is 296 g/mol. The Bertz CT molecular complexity index is 605. The molecule has 2 rings (SSSR count). The van der Waals surface area contributed by atoms with Crippen LogP contribution in [-0.2, 0) is 10.8 Å². The molecule has 0 aliphatic carbocycles. The zero-order valence-corrected chi connectivity index (χ0v) is 14.9. The molecule has 2 aromatic rings. The SMILES string of the molecule is Cc1ccc(Oc2cc(C(C)(C)C)cc(C(C)(C)C)c2)cc1. The zero-order valence-electron chi connectivity index (χ0n) is 14.9. The third kappa shape index (κ3) is 4.13. The molecule has 0 amide bonds. The minimum Gasteiger partial charge on any atom is -0.457 e. The normalized spacial score (nSPS) is 12.3. The van der Waals surface area contributed by atoms with Gasteiger partial charge in [0.15, 0.2) is 0 Å². The maximum Gasteiger partial charge on any atom is 0.128 e. The highest BCUT2D eigenvalue weighted by atomic mass is 16.5. The summed E-state index contributed by atoms with van der Waals surface area (Å²) in [5, 5.41) is 0. The maximum atomic E-state index is 6.10. The van der Waals surface area contributed by atoms with Gasteiger partial charge < -0.3 is 4.74 Å². The van der Waals surface area contributed by atoms with E-state index < -0.39 is 0 Å². The first-order chi connectivity index (χ1) is 10.1. The van der Waals surface area contributed by atoms with Gasteiger partial charge in [-0.2, -0.15) is 0 Å². The molecular weight excluding hydrogens is 268 g/mol. The van der Waals surface area contributed by atoms with E-state index in [0.29, 0.717) is 0 Å². The van der Waals surface area contributed by atoms with Gasteiger partial charge in [-0.1, -0.05) is 65.3 Å². The fourth-order valence-corrected chi connectivity index (χ4v) is 2.27. The Hall–Kier alpha value is -1.76. The molecule has 0 spiro atoms. The fraction of sp³-hybridized carbons (Fsp3) is 0.429. The third-order valence-electron chi connectivity index (χ3n) is 3.90.